The predicted octanol–water partition coefficient (Wildman–Crippen LogP) is 3.92. The number of anilines is 2. The lowest BCUT2D eigenvalue weighted by Gasteiger charge is -2.26. The standard InChI is InChI=1S/C20H19F2N5O.CH2O3/c21-13-5-6-15(22)14(10-13)17-2-1-8-26(17)18-7-9-27-19(25-18)16(11-23-27)24-20(28)12-3-4-12;2-1(3)4/h5-7,9-12,17H,1-4,8H2,(H,24,28);(H2,2,3,4)/t17-;/m1./s1. The van der Waals surface area contributed by atoms with Crippen molar-refractivity contribution in [2.75, 3.05) is 16.8 Å². The quantitative estimate of drug-likeness (QED) is 0.557. The van der Waals surface area contributed by atoms with Crippen LogP contribution < -0.4 is 10.2 Å². The summed E-state index contributed by atoms with van der Waals surface area (Å²) < 4.78 is 29.6. The van der Waals surface area contributed by atoms with Crippen molar-refractivity contribution < 1.29 is 28.6 Å². The van der Waals surface area contributed by atoms with Crippen LogP contribution in [0.3, 0.4) is 0 Å². The largest absolute Gasteiger partial charge is 0.503 e. The Morgan fingerprint density at radius 2 is 1.88 bits per heavy atom. The minimum atomic E-state index is -1.83. The van der Waals surface area contributed by atoms with E-state index in [1.165, 1.54) is 12.1 Å². The first-order valence-corrected chi connectivity index (χ1v) is 10.1. The van der Waals surface area contributed by atoms with Crippen molar-refractivity contribution in [1.29, 1.82) is 0 Å². The van der Waals surface area contributed by atoms with Gasteiger partial charge in [0, 0.05) is 24.2 Å². The van der Waals surface area contributed by atoms with Crippen LogP contribution in [0.4, 0.5) is 25.1 Å². The van der Waals surface area contributed by atoms with Gasteiger partial charge in [0.25, 0.3) is 0 Å². The van der Waals surface area contributed by atoms with Crippen LogP contribution in [0.25, 0.3) is 5.65 Å². The summed E-state index contributed by atoms with van der Waals surface area (Å²) in [6.07, 6.45) is 4.93. The Balaban J connectivity index is 0.000000567. The van der Waals surface area contributed by atoms with E-state index < -0.39 is 17.8 Å². The number of benzene rings is 1. The van der Waals surface area contributed by atoms with E-state index in [9.17, 15) is 13.6 Å². The number of carbonyl (C=O) groups excluding carboxylic acids is 1. The number of hydrogen-bond acceptors (Lipinski definition) is 5. The second kappa shape index (κ2) is 8.77. The van der Waals surface area contributed by atoms with Crippen LogP contribution in [0.5, 0.6) is 0 Å². The van der Waals surface area contributed by atoms with Gasteiger partial charge in [0.15, 0.2) is 5.65 Å². The highest BCUT2D eigenvalue weighted by Crippen LogP contribution is 2.37. The molecule has 0 spiro atoms. The van der Waals surface area contributed by atoms with Gasteiger partial charge in [-0.25, -0.2) is 23.1 Å². The van der Waals surface area contributed by atoms with Crippen molar-refractivity contribution >= 4 is 29.2 Å². The fourth-order valence-corrected chi connectivity index (χ4v) is 3.82. The summed E-state index contributed by atoms with van der Waals surface area (Å²) >= 11 is 0. The smallest absolute Gasteiger partial charge is 0.450 e. The number of halogens is 2. The molecule has 1 amide bonds. The van der Waals surface area contributed by atoms with Crippen LogP contribution in [0.15, 0.2) is 36.7 Å². The van der Waals surface area contributed by atoms with Crippen LogP contribution >= 0.6 is 0 Å². The minimum Gasteiger partial charge on any atom is -0.450 e. The van der Waals surface area contributed by atoms with E-state index in [1.54, 1.807) is 16.9 Å². The average Bonchev–Trinajstić information content (AvgIpc) is 3.37. The number of amides is 1. The van der Waals surface area contributed by atoms with E-state index in [0.29, 0.717) is 29.3 Å². The normalized spacial score (nSPS) is 17.7. The van der Waals surface area contributed by atoms with E-state index in [2.05, 4.69) is 15.4 Å². The van der Waals surface area contributed by atoms with Crippen molar-refractivity contribution in [3.63, 3.8) is 0 Å². The van der Waals surface area contributed by atoms with Crippen molar-refractivity contribution in [1.82, 2.24) is 14.6 Å². The van der Waals surface area contributed by atoms with Crippen molar-refractivity contribution in [3.8, 4) is 0 Å². The topological polar surface area (TPSA) is 120 Å². The molecule has 2 fully saturated rings. The first-order valence-electron chi connectivity index (χ1n) is 10.1. The highest BCUT2D eigenvalue weighted by atomic mass is 19.1. The second-order valence-corrected chi connectivity index (χ2v) is 7.68. The number of nitrogens with zero attached hydrogens (tertiary/aromatic N) is 4. The Bertz CT molecular complexity index is 1160. The zero-order valence-corrected chi connectivity index (χ0v) is 16.9. The number of rotatable bonds is 4. The SMILES string of the molecule is O=C(Nc1cnn2ccc(N3CCC[C@@H]3c3cc(F)ccc3F)nc12)C1CC1.O=C(O)O. The Hall–Kier alpha value is -3.76. The maximum Gasteiger partial charge on any atom is 0.503 e. The average molecular weight is 445 g/mol. The molecule has 11 heteroatoms. The van der Waals surface area contributed by atoms with Gasteiger partial charge < -0.3 is 20.4 Å². The zero-order valence-electron chi connectivity index (χ0n) is 16.9. The highest BCUT2D eigenvalue weighted by molar-refractivity contribution is 5.97. The fourth-order valence-electron chi connectivity index (χ4n) is 3.82. The summed E-state index contributed by atoms with van der Waals surface area (Å²) in [5.41, 5.74) is 1.44. The third-order valence-corrected chi connectivity index (χ3v) is 5.42. The molecule has 0 bridgehead atoms. The summed E-state index contributed by atoms with van der Waals surface area (Å²) in [4.78, 5) is 27.3. The lowest BCUT2D eigenvalue weighted by atomic mass is 10.0. The Labute approximate surface area is 181 Å². The van der Waals surface area contributed by atoms with Gasteiger partial charge in [-0.3, -0.25) is 4.79 Å². The fraction of sp³-hybridized carbons (Fsp3) is 0.333. The molecule has 1 aliphatic carbocycles. The van der Waals surface area contributed by atoms with Crippen molar-refractivity contribution in [2.45, 2.75) is 31.7 Å². The molecule has 1 atom stereocenters. The summed E-state index contributed by atoms with van der Waals surface area (Å²) in [7, 11) is 0. The van der Waals surface area contributed by atoms with E-state index in [-0.39, 0.29) is 17.9 Å². The summed E-state index contributed by atoms with van der Waals surface area (Å²) in [6.45, 7) is 0.696. The molecule has 0 radical (unpaired) electrons. The number of hydrogen-bond donors (Lipinski definition) is 3. The summed E-state index contributed by atoms with van der Waals surface area (Å²) in [5.74, 6) is -0.144. The third-order valence-electron chi connectivity index (χ3n) is 5.42. The molecule has 9 nitrogen and oxygen atoms in total. The molecule has 1 aliphatic heterocycles. The van der Waals surface area contributed by atoms with Crippen LogP contribution in [0, 0.1) is 17.6 Å². The van der Waals surface area contributed by atoms with Crippen molar-refractivity contribution in [2.24, 2.45) is 5.92 Å². The monoisotopic (exact) mass is 445 g/mol. The van der Waals surface area contributed by atoms with E-state index >= 15 is 0 Å². The molecular formula is C21H21F2N5O4. The molecule has 3 N–H and O–H groups in total. The third kappa shape index (κ3) is 4.61. The van der Waals surface area contributed by atoms with E-state index in [4.69, 9.17) is 15.0 Å². The minimum absolute atomic E-state index is 0.0111. The molecule has 3 heterocycles. The number of carboxylic acid groups (broad SMARTS) is 2. The predicted molar refractivity (Wildman–Crippen MR) is 111 cm³/mol. The summed E-state index contributed by atoms with van der Waals surface area (Å²) in [5, 5.41) is 21.1. The Morgan fingerprint density at radius 3 is 2.59 bits per heavy atom. The van der Waals surface area contributed by atoms with Gasteiger partial charge in [-0.2, -0.15) is 5.10 Å². The molecule has 2 aromatic heterocycles. The van der Waals surface area contributed by atoms with Crippen LogP contribution in [-0.4, -0.2) is 43.4 Å². The molecule has 5 rings (SSSR count). The molecule has 168 valence electrons. The molecule has 2 aliphatic rings. The van der Waals surface area contributed by atoms with E-state index in [1.807, 2.05) is 11.0 Å². The molecular weight excluding hydrogens is 424 g/mol. The van der Waals surface area contributed by atoms with Crippen LogP contribution in [-0.2, 0) is 4.79 Å². The van der Waals surface area contributed by atoms with Crippen LogP contribution in [0.1, 0.15) is 37.3 Å². The second-order valence-electron chi connectivity index (χ2n) is 7.68. The molecule has 0 unspecified atom stereocenters. The Kier molecular flexibility index (Phi) is 5.89. The van der Waals surface area contributed by atoms with Crippen molar-refractivity contribution in [3.05, 3.63) is 53.9 Å². The van der Waals surface area contributed by atoms with Gasteiger partial charge >= 0.3 is 6.16 Å². The maximum absolute atomic E-state index is 14.3. The van der Waals surface area contributed by atoms with Gasteiger partial charge in [0.1, 0.15) is 23.1 Å². The molecule has 1 aromatic carbocycles. The molecule has 1 saturated carbocycles. The molecule has 1 saturated heterocycles. The lowest BCUT2D eigenvalue weighted by Crippen LogP contribution is -2.24. The highest BCUT2D eigenvalue weighted by Gasteiger charge is 2.31. The number of fused-ring (bicyclic) bond motifs is 1. The Morgan fingerprint density at radius 1 is 1.12 bits per heavy atom. The first kappa shape index (κ1) is 21.5. The molecule has 32 heavy (non-hydrogen) atoms. The summed E-state index contributed by atoms with van der Waals surface area (Å²) in [6, 6.07) is 5.08. The van der Waals surface area contributed by atoms with Gasteiger partial charge in [-0.05, 0) is 49.9 Å². The number of nitrogens with one attached hydrogen (secondary N) is 1. The first-order chi connectivity index (χ1) is 15.3. The molecule has 3 aromatic rings. The zero-order chi connectivity index (χ0) is 22.8. The number of carbonyl (C=O) groups is 2. The maximum atomic E-state index is 14.3. The van der Waals surface area contributed by atoms with Gasteiger partial charge in [-0.15, -0.1) is 0 Å². The van der Waals surface area contributed by atoms with Crippen LogP contribution in [0.2, 0.25) is 0 Å². The number of aromatic nitrogens is 3. The van der Waals surface area contributed by atoms with E-state index in [0.717, 1.165) is 31.7 Å². The van der Waals surface area contributed by atoms with Gasteiger partial charge in [0.05, 0.1) is 12.2 Å². The van der Waals surface area contributed by atoms with Gasteiger partial charge in [0.2, 0.25) is 5.91 Å². The lowest BCUT2D eigenvalue weighted by molar-refractivity contribution is -0.117. The van der Waals surface area contributed by atoms with Gasteiger partial charge in [-0.1, -0.05) is 0 Å².